The van der Waals surface area contributed by atoms with Gasteiger partial charge in [-0.15, -0.1) is 0 Å². The largest absolute Gasteiger partial charge is 0.497 e. The molecule has 4 atom stereocenters. The predicted molar refractivity (Wildman–Crippen MR) is 113 cm³/mol. The first-order valence-corrected chi connectivity index (χ1v) is 10.3. The third kappa shape index (κ3) is 5.11. The maximum Gasteiger partial charge on any atom is 0.412 e. The van der Waals surface area contributed by atoms with E-state index >= 15 is 0 Å². The number of fused-ring (bicyclic) bond motifs is 1. The Morgan fingerprint density at radius 3 is 2.57 bits per heavy atom. The Labute approximate surface area is 176 Å². The van der Waals surface area contributed by atoms with Crippen LogP contribution in [-0.2, 0) is 20.6 Å². The Bertz CT molecular complexity index is 814. The van der Waals surface area contributed by atoms with E-state index < -0.39 is 12.2 Å². The van der Waals surface area contributed by atoms with E-state index in [1.54, 1.807) is 31.4 Å². The minimum absolute atomic E-state index is 0.0967. The normalized spacial score (nSPS) is 25.0. The van der Waals surface area contributed by atoms with Crippen molar-refractivity contribution >= 4 is 11.8 Å². The van der Waals surface area contributed by atoms with Crippen LogP contribution in [0.1, 0.15) is 12.0 Å². The van der Waals surface area contributed by atoms with E-state index in [9.17, 15) is 4.79 Å². The number of carbonyl (C=O) groups is 1. The Morgan fingerprint density at radius 1 is 1.03 bits per heavy atom. The number of anilines is 1. The van der Waals surface area contributed by atoms with Crippen molar-refractivity contribution in [2.75, 3.05) is 32.2 Å². The third-order valence-corrected chi connectivity index (χ3v) is 5.49. The van der Waals surface area contributed by atoms with Gasteiger partial charge in [-0.25, -0.2) is 4.79 Å². The van der Waals surface area contributed by atoms with Gasteiger partial charge >= 0.3 is 6.09 Å². The molecule has 0 spiro atoms. The fourth-order valence-corrected chi connectivity index (χ4v) is 3.92. The van der Waals surface area contributed by atoms with Crippen molar-refractivity contribution in [3.05, 3.63) is 60.2 Å². The van der Waals surface area contributed by atoms with Gasteiger partial charge in [0.05, 0.1) is 26.4 Å². The van der Waals surface area contributed by atoms with Crippen molar-refractivity contribution in [2.45, 2.75) is 37.2 Å². The Morgan fingerprint density at radius 2 is 1.80 bits per heavy atom. The van der Waals surface area contributed by atoms with Gasteiger partial charge in [0.2, 0.25) is 0 Å². The zero-order valence-electron chi connectivity index (χ0n) is 17.1. The highest BCUT2D eigenvalue weighted by atomic mass is 16.6. The maximum absolute atomic E-state index is 12.2. The molecule has 160 valence electrons. The molecule has 2 aromatic rings. The van der Waals surface area contributed by atoms with Gasteiger partial charge in [-0.1, -0.05) is 30.3 Å². The predicted octanol–water partition coefficient (Wildman–Crippen LogP) is 3.00. The number of hydrogen-bond acceptors (Lipinski definition) is 6. The van der Waals surface area contributed by atoms with Gasteiger partial charge in [0, 0.05) is 5.69 Å². The molecule has 0 bridgehead atoms. The van der Waals surface area contributed by atoms with Crippen LogP contribution in [0.4, 0.5) is 10.5 Å². The molecule has 2 N–H and O–H groups in total. The standard InChI is InChI=1S/C23H28N2O5/c1-27-18-11-9-17(10-12-18)25-23(26)30-20-15-29-21-19(14-28-22(20)21)24-13-5-8-16-6-3-2-4-7-16/h2-4,6-7,9-12,19-22,24H,5,8,13-15H2,1H3,(H,25,26)/t19-,20+,21+,22+/m0/s1. The topological polar surface area (TPSA) is 78.1 Å². The van der Waals surface area contributed by atoms with Gasteiger partial charge in [-0.2, -0.15) is 0 Å². The van der Waals surface area contributed by atoms with Gasteiger partial charge in [0.25, 0.3) is 0 Å². The summed E-state index contributed by atoms with van der Waals surface area (Å²) in [6.07, 6.45) is 0.816. The number of amides is 1. The lowest BCUT2D eigenvalue weighted by atomic mass is 10.1. The van der Waals surface area contributed by atoms with Crippen molar-refractivity contribution in [1.82, 2.24) is 5.32 Å². The molecule has 2 heterocycles. The number of ether oxygens (including phenoxy) is 4. The lowest BCUT2D eigenvalue weighted by molar-refractivity contribution is 0.00857. The SMILES string of the molecule is COc1ccc(NC(=O)O[C@@H]2CO[C@H]3[C@@H]2OC[C@@H]3NCCCc2ccccc2)cc1. The summed E-state index contributed by atoms with van der Waals surface area (Å²) >= 11 is 0. The fourth-order valence-electron chi connectivity index (χ4n) is 3.92. The highest BCUT2D eigenvalue weighted by Crippen LogP contribution is 2.29. The molecule has 2 fully saturated rings. The van der Waals surface area contributed by atoms with Crippen LogP contribution in [0.25, 0.3) is 0 Å². The van der Waals surface area contributed by atoms with E-state index in [1.165, 1.54) is 5.56 Å². The number of rotatable bonds is 8. The van der Waals surface area contributed by atoms with Gasteiger partial charge in [0.1, 0.15) is 18.0 Å². The lowest BCUT2D eigenvalue weighted by Gasteiger charge is -2.18. The maximum atomic E-state index is 12.2. The van der Waals surface area contributed by atoms with Crippen molar-refractivity contribution in [3.63, 3.8) is 0 Å². The molecule has 7 nitrogen and oxygen atoms in total. The van der Waals surface area contributed by atoms with E-state index in [4.69, 9.17) is 18.9 Å². The number of hydrogen-bond donors (Lipinski definition) is 2. The molecule has 7 heteroatoms. The Kier molecular flexibility index (Phi) is 6.84. The van der Waals surface area contributed by atoms with E-state index in [0.29, 0.717) is 18.9 Å². The van der Waals surface area contributed by atoms with Crippen LogP contribution >= 0.6 is 0 Å². The second-order valence-corrected chi connectivity index (χ2v) is 7.54. The molecule has 0 saturated carbocycles. The molecular formula is C23H28N2O5. The van der Waals surface area contributed by atoms with Crippen molar-refractivity contribution < 1.29 is 23.7 Å². The zero-order chi connectivity index (χ0) is 20.8. The second-order valence-electron chi connectivity index (χ2n) is 7.54. The Balaban J connectivity index is 1.20. The molecule has 0 unspecified atom stereocenters. The molecule has 0 aromatic heterocycles. The molecular weight excluding hydrogens is 384 g/mol. The van der Waals surface area contributed by atoms with Gasteiger partial charge in [-0.3, -0.25) is 5.32 Å². The van der Waals surface area contributed by atoms with Crippen molar-refractivity contribution in [1.29, 1.82) is 0 Å². The molecule has 0 radical (unpaired) electrons. The van der Waals surface area contributed by atoms with Crippen molar-refractivity contribution in [2.24, 2.45) is 0 Å². The lowest BCUT2D eigenvalue weighted by Crippen LogP contribution is -2.42. The summed E-state index contributed by atoms with van der Waals surface area (Å²) in [7, 11) is 1.60. The fraction of sp³-hybridized carbons (Fsp3) is 0.435. The molecule has 2 aliphatic rings. The summed E-state index contributed by atoms with van der Waals surface area (Å²) in [5.41, 5.74) is 1.98. The number of methoxy groups -OCH3 is 1. The van der Waals surface area contributed by atoms with Crippen LogP contribution in [0.5, 0.6) is 5.75 Å². The van der Waals surface area contributed by atoms with Crippen LogP contribution in [-0.4, -0.2) is 57.3 Å². The zero-order valence-corrected chi connectivity index (χ0v) is 17.1. The minimum Gasteiger partial charge on any atom is -0.497 e. The molecule has 4 rings (SSSR count). The third-order valence-electron chi connectivity index (χ3n) is 5.49. The van der Waals surface area contributed by atoms with E-state index in [0.717, 1.165) is 25.1 Å². The minimum atomic E-state index is -0.516. The average molecular weight is 412 g/mol. The van der Waals surface area contributed by atoms with Crippen LogP contribution in [0.2, 0.25) is 0 Å². The van der Waals surface area contributed by atoms with Crippen LogP contribution in [0.15, 0.2) is 54.6 Å². The molecule has 1 amide bonds. The first-order valence-electron chi connectivity index (χ1n) is 10.3. The molecule has 2 aromatic carbocycles. The first kappa shape index (κ1) is 20.7. The Hall–Kier alpha value is -2.61. The summed E-state index contributed by atoms with van der Waals surface area (Å²) in [4.78, 5) is 12.2. The molecule has 2 aliphatic heterocycles. The van der Waals surface area contributed by atoms with E-state index in [-0.39, 0.29) is 18.2 Å². The van der Waals surface area contributed by atoms with Gasteiger partial charge in [0.15, 0.2) is 6.10 Å². The highest BCUT2D eigenvalue weighted by Gasteiger charge is 2.49. The number of carbonyl (C=O) groups excluding carboxylic acids is 1. The molecule has 2 saturated heterocycles. The van der Waals surface area contributed by atoms with Gasteiger partial charge < -0.3 is 24.3 Å². The smallest absolute Gasteiger partial charge is 0.412 e. The van der Waals surface area contributed by atoms with Crippen LogP contribution in [0.3, 0.4) is 0 Å². The van der Waals surface area contributed by atoms with E-state index in [2.05, 4.69) is 34.9 Å². The summed E-state index contributed by atoms with van der Waals surface area (Å²) in [5.74, 6) is 0.725. The van der Waals surface area contributed by atoms with Crippen LogP contribution in [0, 0.1) is 0 Å². The molecule has 0 aliphatic carbocycles. The van der Waals surface area contributed by atoms with Gasteiger partial charge in [-0.05, 0) is 49.2 Å². The summed E-state index contributed by atoms with van der Waals surface area (Å²) < 4.78 is 22.5. The monoisotopic (exact) mass is 412 g/mol. The number of aryl methyl sites for hydroxylation is 1. The van der Waals surface area contributed by atoms with E-state index in [1.807, 2.05) is 6.07 Å². The first-order chi connectivity index (χ1) is 14.7. The number of nitrogens with one attached hydrogen (secondary N) is 2. The summed E-state index contributed by atoms with van der Waals surface area (Å²) in [6.45, 7) is 1.78. The summed E-state index contributed by atoms with van der Waals surface area (Å²) in [6, 6.07) is 17.6. The summed E-state index contributed by atoms with van der Waals surface area (Å²) in [5, 5.41) is 6.26. The molecule has 30 heavy (non-hydrogen) atoms. The second kappa shape index (κ2) is 9.93. The van der Waals surface area contributed by atoms with Crippen LogP contribution < -0.4 is 15.4 Å². The number of benzene rings is 2. The highest BCUT2D eigenvalue weighted by molar-refractivity contribution is 5.84. The average Bonchev–Trinajstić information content (AvgIpc) is 3.36. The quantitative estimate of drug-likeness (QED) is 0.649. The van der Waals surface area contributed by atoms with Crippen molar-refractivity contribution in [3.8, 4) is 5.75 Å².